The van der Waals surface area contributed by atoms with Crippen molar-refractivity contribution in [2.24, 2.45) is 5.92 Å². The highest BCUT2D eigenvalue weighted by Gasteiger charge is 2.27. The maximum atomic E-state index is 2.71. The van der Waals surface area contributed by atoms with Crippen molar-refractivity contribution in [2.75, 3.05) is 13.1 Å². The minimum Gasteiger partial charge on any atom is -0.300 e. The standard InChI is InChI=1S/C10H19N/c1-9-5-7-11(8-6-9)10-3-2-4-10/h9-10H,2-8H2,1H3. The van der Waals surface area contributed by atoms with Crippen LogP contribution in [0.15, 0.2) is 0 Å². The lowest BCUT2D eigenvalue weighted by Gasteiger charge is -2.41. The molecule has 0 unspecified atom stereocenters. The van der Waals surface area contributed by atoms with Gasteiger partial charge >= 0.3 is 0 Å². The number of rotatable bonds is 1. The molecule has 1 saturated heterocycles. The second-order valence-electron chi connectivity index (χ2n) is 4.30. The van der Waals surface area contributed by atoms with Crippen molar-refractivity contribution in [1.82, 2.24) is 4.90 Å². The largest absolute Gasteiger partial charge is 0.300 e. The lowest BCUT2D eigenvalue weighted by atomic mass is 9.88. The number of hydrogen-bond donors (Lipinski definition) is 0. The van der Waals surface area contributed by atoms with E-state index >= 15 is 0 Å². The zero-order valence-electron chi connectivity index (χ0n) is 7.55. The van der Waals surface area contributed by atoms with Crippen LogP contribution < -0.4 is 0 Å². The van der Waals surface area contributed by atoms with Crippen LogP contribution in [-0.2, 0) is 0 Å². The molecule has 64 valence electrons. The molecule has 0 bridgehead atoms. The van der Waals surface area contributed by atoms with Crippen LogP contribution in [0.5, 0.6) is 0 Å². The van der Waals surface area contributed by atoms with Crippen molar-refractivity contribution in [1.29, 1.82) is 0 Å². The van der Waals surface area contributed by atoms with Gasteiger partial charge in [-0.2, -0.15) is 0 Å². The third-order valence-electron chi connectivity index (χ3n) is 3.41. The van der Waals surface area contributed by atoms with Crippen LogP contribution in [0.4, 0.5) is 0 Å². The summed E-state index contributed by atoms with van der Waals surface area (Å²) in [7, 11) is 0. The van der Waals surface area contributed by atoms with E-state index in [2.05, 4.69) is 11.8 Å². The van der Waals surface area contributed by atoms with E-state index in [1.54, 1.807) is 0 Å². The lowest BCUT2D eigenvalue weighted by Crippen LogP contribution is -2.44. The minimum atomic E-state index is 0.988. The average Bonchev–Trinajstić information content (AvgIpc) is 1.90. The molecule has 2 rings (SSSR count). The number of piperidine rings is 1. The molecule has 1 nitrogen and oxygen atoms in total. The Morgan fingerprint density at radius 2 is 1.64 bits per heavy atom. The Morgan fingerprint density at radius 3 is 2.09 bits per heavy atom. The van der Waals surface area contributed by atoms with Gasteiger partial charge in [0.25, 0.3) is 0 Å². The molecule has 0 radical (unpaired) electrons. The first-order valence-corrected chi connectivity index (χ1v) is 5.10. The molecule has 0 aromatic rings. The van der Waals surface area contributed by atoms with E-state index in [9.17, 15) is 0 Å². The molecule has 0 N–H and O–H groups in total. The van der Waals surface area contributed by atoms with E-state index in [0.29, 0.717) is 0 Å². The van der Waals surface area contributed by atoms with E-state index < -0.39 is 0 Å². The summed E-state index contributed by atoms with van der Waals surface area (Å²) in [6.07, 6.45) is 7.33. The van der Waals surface area contributed by atoms with Gasteiger partial charge in [-0.1, -0.05) is 13.3 Å². The fourth-order valence-electron chi connectivity index (χ4n) is 2.15. The molecular weight excluding hydrogens is 134 g/mol. The normalized spacial score (nSPS) is 30.3. The predicted octanol–water partition coefficient (Wildman–Crippen LogP) is 2.27. The topological polar surface area (TPSA) is 3.24 Å². The third-order valence-corrected chi connectivity index (χ3v) is 3.41. The van der Waals surface area contributed by atoms with Gasteiger partial charge in [0.15, 0.2) is 0 Å². The highest BCUT2D eigenvalue weighted by Crippen LogP contribution is 2.28. The van der Waals surface area contributed by atoms with E-state index in [0.717, 1.165) is 12.0 Å². The van der Waals surface area contributed by atoms with E-state index in [1.807, 2.05) is 0 Å². The summed E-state index contributed by atoms with van der Waals surface area (Å²) < 4.78 is 0. The molecule has 11 heavy (non-hydrogen) atoms. The SMILES string of the molecule is CC1CCN(C2CCC2)CC1. The summed E-state index contributed by atoms with van der Waals surface area (Å²) in [6.45, 7) is 5.15. The summed E-state index contributed by atoms with van der Waals surface area (Å²) >= 11 is 0. The highest BCUT2D eigenvalue weighted by molar-refractivity contribution is 4.82. The van der Waals surface area contributed by atoms with E-state index in [4.69, 9.17) is 0 Å². The first kappa shape index (κ1) is 7.60. The molecular formula is C10H19N. The average molecular weight is 153 g/mol. The Kier molecular flexibility index (Phi) is 2.17. The molecule has 2 aliphatic rings. The molecule has 2 fully saturated rings. The van der Waals surface area contributed by atoms with Crippen LogP contribution in [0.1, 0.15) is 39.0 Å². The monoisotopic (exact) mass is 153 g/mol. The van der Waals surface area contributed by atoms with Crippen LogP contribution in [0.3, 0.4) is 0 Å². The quantitative estimate of drug-likeness (QED) is 0.558. The molecule has 1 saturated carbocycles. The molecule has 0 spiro atoms. The highest BCUT2D eigenvalue weighted by atomic mass is 15.2. The maximum Gasteiger partial charge on any atom is 0.00952 e. The first-order valence-electron chi connectivity index (χ1n) is 5.10. The van der Waals surface area contributed by atoms with Crippen LogP contribution in [0.2, 0.25) is 0 Å². The molecule has 1 heterocycles. The Labute approximate surface area is 69.8 Å². The van der Waals surface area contributed by atoms with E-state index in [-0.39, 0.29) is 0 Å². The van der Waals surface area contributed by atoms with Gasteiger partial charge in [-0.3, -0.25) is 0 Å². The molecule has 0 atom stereocenters. The third kappa shape index (κ3) is 1.58. The van der Waals surface area contributed by atoms with Crippen LogP contribution in [0, 0.1) is 5.92 Å². The first-order chi connectivity index (χ1) is 5.36. The van der Waals surface area contributed by atoms with Gasteiger partial charge in [0.2, 0.25) is 0 Å². The molecule has 1 aliphatic carbocycles. The summed E-state index contributed by atoms with van der Waals surface area (Å²) in [5.74, 6) is 0.992. The van der Waals surface area contributed by atoms with Crippen molar-refractivity contribution in [3.8, 4) is 0 Å². The smallest absolute Gasteiger partial charge is 0.00952 e. The molecule has 0 aromatic heterocycles. The Hall–Kier alpha value is -0.0400. The predicted molar refractivity (Wildman–Crippen MR) is 47.6 cm³/mol. The zero-order valence-corrected chi connectivity index (χ0v) is 7.55. The fraction of sp³-hybridized carbons (Fsp3) is 1.00. The van der Waals surface area contributed by atoms with Gasteiger partial charge in [0.05, 0.1) is 0 Å². The summed E-state index contributed by atoms with van der Waals surface area (Å²) in [5.41, 5.74) is 0. The van der Waals surface area contributed by atoms with Gasteiger partial charge in [0, 0.05) is 6.04 Å². The molecule has 1 aliphatic heterocycles. The van der Waals surface area contributed by atoms with Crippen molar-refractivity contribution < 1.29 is 0 Å². The summed E-state index contributed by atoms with van der Waals surface area (Å²) in [4.78, 5) is 2.71. The second-order valence-corrected chi connectivity index (χ2v) is 4.30. The summed E-state index contributed by atoms with van der Waals surface area (Å²) in [5, 5.41) is 0. The van der Waals surface area contributed by atoms with Crippen molar-refractivity contribution in [2.45, 2.75) is 45.1 Å². The van der Waals surface area contributed by atoms with E-state index in [1.165, 1.54) is 45.2 Å². The molecule has 0 aromatic carbocycles. The zero-order chi connectivity index (χ0) is 7.68. The maximum absolute atomic E-state index is 2.71. The van der Waals surface area contributed by atoms with Gasteiger partial charge in [-0.05, 0) is 44.7 Å². The number of nitrogens with zero attached hydrogens (tertiary/aromatic N) is 1. The van der Waals surface area contributed by atoms with Gasteiger partial charge < -0.3 is 4.90 Å². The lowest BCUT2D eigenvalue weighted by molar-refractivity contribution is 0.0883. The fourth-order valence-corrected chi connectivity index (χ4v) is 2.15. The Bertz CT molecular complexity index is 121. The summed E-state index contributed by atoms with van der Waals surface area (Å²) in [6, 6.07) is 0.988. The van der Waals surface area contributed by atoms with Gasteiger partial charge in [0.1, 0.15) is 0 Å². The minimum absolute atomic E-state index is 0.988. The van der Waals surface area contributed by atoms with Crippen molar-refractivity contribution in [3.63, 3.8) is 0 Å². The number of likely N-dealkylation sites (tertiary alicyclic amines) is 1. The number of hydrogen-bond acceptors (Lipinski definition) is 1. The van der Waals surface area contributed by atoms with Gasteiger partial charge in [-0.15, -0.1) is 0 Å². The molecule has 1 heteroatoms. The second kappa shape index (κ2) is 3.14. The van der Waals surface area contributed by atoms with Crippen LogP contribution in [0.25, 0.3) is 0 Å². The van der Waals surface area contributed by atoms with Crippen LogP contribution >= 0.6 is 0 Å². The van der Waals surface area contributed by atoms with Crippen LogP contribution in [-0.4, -0.2) is 24.0 Å². The van der Waals surface area contributed by atoms with Crippen molar-refractivity contribution >= 4 is 0 Å². The van der Waals surface area contributed by atoms with Crippen molar-refractivity contribution in [3.05, 3.63) is 0 Å². The van der Waals surface area contributed by atoms with Gasteiger partial charge in [-0.25, -0.2) is 0 Å². The Balaban J connectivity index is 1.77. The molecule has 0 amide bonds. The Morgan fingerprint density at radius 1 is 1.00 bits per heavy atom.